The lowest BCUT2D eigenvalue weighted by Gasteiger charge is -2.36. The zero-order chi connectivity index (χ0) is 19.6. The van der Waals surface area contributed by atoms with Crippen LogP contribution in [-0.2, 0) is 20.7 Å². The second-order valence-corrected chi connectivity index (χ2v) is 8.04. The Hall–Kier alpha value is -2.63. The van der Waals surface area contributed by atoms with E-state index < -0.39 is 0 Å². The smallest absolute Gasteiger partial charge is 0.306 e. The van der Waals surface area contributed by atoms with Crippen LogP contribution in [0.15, 0.2) is 30.5 Å². The topological polar surface area (TPSA) is 73.2 Å². The fraction of sp³-hybridized carbons (Fsp3) is 0.476. The maximum atomic E-state index is 12.3. The van der Waals surface area contributed by atoms with Crippen LogP contribution in [0.3, 0.4) is 0 Å². The largest absolute Gasteiger partial charge is 0.469 e. The third kappa shape index (κ3) is 4.38. The van der Waals surface area contributed by atoms with Crippen molar-refractivity contribution >= 4 is 11.9 Å². The van der Waals surface area contributed by atoms with Gasteiger partial charge >= 0.3 is 5.97 Å². The molecule has 0 aliphatic heterocycles. The summed E-state index contributed by atoms with van der Waals surface area (Å²) in [4.78, 5) is 23.6. The van der Waals surface area contributed by atoms with E-state index in [-0.39, 0.29) is 36.2 Å². The average molecular weight is 369 g/mol. The molecule has 144 valence electrons. The molecule has 2 aromatic rings. The number of esters is 1. The van der Waals surface area contributed by atoms with Crippen molar-refractivity contribution in [3.63, 3.8) is 0 Å². The van der Waals surface area contributed by atoms with Gasteiger partial charge in [-0.1, -0.05) is 31.5 Å². The number of hydrogen-bond acceptors (Lipinski definition) is 4. The summed E-state index contributed by atoms with van der Waals surface area (Å²) in [5.74, 6) is -0.515. The average Bonchev–Trinajstić information content (AvgIpc) is 3.03. The molecule has 1 aromatic carbocycles. The van der Waals surface area contributed by atoms with Gasteiger partial charge in [-0.25, -0.2) is 4.68 Å². The van der Waals surface area contributed by atoms with Gasteiger partial charge in [0.1, 0.15) is 0 Å². The van der Waals surface area contributed by atoms with Crippen LogP contribution in [0, 0.1) is 12.3 Å². The van der Waals surface area contributed by atoms with E-state index >= 15 is 0 Å². The van der Waals surface area contributed by atoms with Gasteiger partial charge in [0.25, 0.3) is 0 Å². The number of carbonyl (C=O) groups excluding carboxylic acids is 2. The van der Waals surface area contributed by atoms with E-state index in [1.165, 1.54) is 12.7 Å². The summed E-state index contributed by atoms with van der Waals surface area (Å²) in [6.45, 7) is 6.47. The van der Waals surface area contributed by atoms with E-state index in [4.69, 9.17) is 0 Å². The van der Waals surface area contributed by atoms with Crippen molar-refractivity contribution in [1.82, 2.24) is 15.1 Å². The van der Waals surface area contributed by atoms with Gasteiger partial charge in [0.2, 0.25) is 5.91 Å². The highest BCUT2D eigenvalue weighted by atomic mass is 16.5. The number of methoxy groups -OCH3 is 1. The maximum Gasteiger partial charge on any atom is 0.306 e. The number of fused-ring (bicyclic) bond motifs is 1. The monoisotopic (exact) mass is 369 g/mol. The molecule has 1 aliphatic rings. The number of hydrogen-bond donors (Lipinski definition) is 1. The molecule has 1 N–H and O–H groups in total. The zero-order valence-electron chi connectivity index (χ0n) is 16.4. The van der Waals surface area contributed by atoms with E-state index in [9.17, 15) is 9.59 Å². The highest BCUT2D eigenvalue weighted by molar-refractivity contribution is 5.81. The number of aryl methyl sites for hydroxylation is 1. The SMILES string of the molecule is COC(=O)CCC(=O)N[C@H]1CC(C)(C)Cc2c1cnn2-c1ccc(C)cc1. The van der Waals surface area contributed by atoms with Gasteiger partial charge in [-0.15, -0.1) is 0 Å². The minimum Gasteiger partial charge on any atom is -0.469 e. The summed E-state index contributed by atoms with van der Waals surface area (Å²) in [6, 6.07) is 8.17. The number of nitrogens with zero attached hydrogens (tertiary/aromatic N) is 2. The molecule has 0 radical (unpaired) electrons. The first-order valence-corrected chi connectivity index (χ1v) is 9.29. The Morgan fingerprint density at radius 3 is 2.63 bits per heavy atom. The van der Waals surface area contributed by atoms with Crippen LogP contribution >= 0.6 is 0 Å². The Labute approximate surface area is 159 Å². The van der Waals surface area contributed by atoms with Crippen LogP contribution in [-0.4, -0.2) is 28.8 Å². The van der Waals surface area contributed by atoms with E-state index in [1.807, 2.05) is 10.9 Å². The predicted molar refractivity (Wildman–Crippen MR) is 103 cm³/mol. The summed E-state index contributed by atoms with van der Waals surface area (Å²) in [6.07, 6.45) is 3.81. The number of nitrogens with one attached hydrogen (secondary N) is 1. The number of carbonyl (C=O) groups is 2. The van der Waals surface area contributed by atoms with Gasteiger partial charge in [-0.3, -0.25) is 9.59 Å². The zero-order valence-corrected chi connectivity index (χ0v) is 16.4. The highest BCUT2D eigenvalue weighted by Crippen LogP contribution is 2.41. The Morgan fingerprint density at radius 1 is 1.26 bits per heavy atom. The number of rotatable bonds is 5. The van der Waals surface area contributed by atoms with Crippen LogP contribution in [0.2, 0.25) is 0 Å². The second-order valence-electron chi connectivity index (χ2n) is 8.04. The summed E-state index contributed by atoms with van der Waals surface area (Å²) in [5, 5.41) is 7.68. The van der Waals surface area contributed by atoms with Crippen LogP contribution in [0.5, 0.6) is 0 Å². The molecule has 6 nitrogen and oxygen atoms in total. The highest BCUT2D eigenvalue weighted by Gasteiger charge is 2.36. The van der Waals surface area contributed by atoms with Crippen molar-refractivity contribution in [1.29, 1.82) is 0 Å². The maximum absolute atomic E-state index is 12.3. The Kier molecular flexibility index (Phi) is 5.35. The number of ether oxygens (including phenoxy) is 1. The van der Waals surface area contributed by atoms with E-state index in [1.54, 1.807) is 0 Å². The first-order chi connectivity index (χ1) is 12.8. The fourth-order valence-corrected chi connectivity index (χ4v) is 3.66. The first kappa shape index (κ1) is 19.1. The van der Waals surface area contributed by atoms with E-state index in [2.05, 4.69) is 60.2 Å². The number of amides is 1. The van der Waals surface area contributed by atoms with Crippen LogP contribution in [0.25, 0.3) is 5.69 Å². The molecule has 0 unspecified atom stereocenters. The quantitative estimate of drug-likeness (QED) is 0.821. The summed E-state index contributed by atoms with van der Waals surface area (Å²) in [7, 11) is 1.33. The van der Waals surface area contributed by atoms with Crippen LogP contribution in [0.4, 0.5) is 0 Å². The molecule has 6 heteroatoms. The predicted octanol–water partition coefficient (Wildman–Crippen LogP) is 3.26. The number of aromatic nitrogens is 2. The lowest BCUT2D eigenvalue weighted by atomic mass is 9.74. The Balaban J connectivity index is 1.83. The molecular formula is C21H27N3O3. The van der Waals surface area contributed by atoms with Gasteiger partial charge in [-0.2, -0.15) is 5.10 Å². The Morgan fingerprint density at radius 2 is 1.96 bits per heavy atom. The third-order valence-electron chi connectivity index (χ3n) is 5.08. The molecule has 1 amide bonds. The van der Waals surface area contributed by atoms with Crippen molar-refractivity contribution in [3.8, 4) is 5.69 Å². The van der Waals surface area contributed by atoms with Gasteiger partial charge in [0, 0.05) is 12.0 Å². The molecule has 0 fully saturated rings. The lowest BCUT2D eigenvalue weighted by Crippen LogP contribution is -2.36. The number of benzene rings is 1. The Bertz CT molecular complexity index is 837. The standard InChI is InChI=1S/C21H27N3O3/c1-14-5-7-15(8-6-14)24-18-12-21(2,3)11-17(16(18)13-22-24)23-19(25)9-10-20(26)27-4/h5-8,13,17H,9-12H2,1-4H3,(H,23,25)/t17-/m0/s1. The van der Waals surface area contributed by atoms with Crippen LogP contribution < -0.4 is 5.32 Å². The van der Waals surface area contributed by atoms with Crippen molar-refractivity contribution in [2.45, 2.75) is 52.5 Å². The molecule has 1 heterocycles. The van der Waals surface area contributed by atoms with Crippen molar-refractivity contribution < 1.29 is 14.3 Å². The van der Waals surface area contributed by atoms with Crippen molar-refractivity contribution in [2.24, 2.45) is 5.41 Å². The molecule has 0 saturated carbocycles. The second kappa shape index (κ2) is 7.55. The minimum absolute atomic E-state index is 0.0375. The molecular weight excluding hydrogens is 342 g/mol. The van der Waals surface area contributed by atoms with Crippen LogP contribution in [0.1, 0.15) is 56.0 Å². The fourth-order valence-electron chi connectivity index (χ4n) is 3.66. The van der Waals surface area contributed by atoms with E-state index in [0.717, 1.165) is 29.8 Å². The van der Waals surface area contributed by atoms with Crippen molar-refractivity contribution in [2.75, 3.05) is 7.11 Å². The van der Waals surface area contributed by atoms with Gasteiger partial charge < -0.3 is 10.1 Å². The summed E-state index contributed by atoms with van der Waals surface area (Å²) >= 11 is 0. The molecule has 0 spiro atoms. The molecule has 1 atom stereocenters. The van der Waals surface area contributed by atoms with E-state index in [0.29, 0.717) is 0 Å². The molecule has 1 aliphatic carbocycles. The molecule has 0 bridgehead atoms. The first-order valence-electron chi connectivity index (χ1n) is 9.29. The van der Waals surface area contributed by atoms with Gasteiger partial charge in [0.05, 0.1) is 37.2 Å². The summed E-state index contributed by atoms with van der Waals surface area (Å²) < 4.78 is 6.58. The third-order valence-corrected chi connectivity index (χ3v) is 5.08. The van der Waals surface area contributed by atoms with Gasteiger partial charge in [-0.05, 0) is 37.3 Å². The minimum atomic E-state index is -0.373. The van der Waals surface area contributed by atoms with Gasteiger partial charge in [0.15, 0.2) is 0 Å². The molecule has 27 heavy (non-hydrogen) atoms. The van der Waals surface area contributed by atoms with Crippen molar-refractivity contribution in [3.05, 3.63) is 47.3 Å². The molecule has 3 rings (SSSR count). The summed E-state index contributed by atoms with van der Waals surface area (Å²) in [5.41, 5.74) is 4.45. The lowest BCUT2D eigenvalue weighted by molar-refractivity contribution is -0.142. The molecule has 1 aromatic heterocycles. The normalized spacial score (nSPS) is 17.9. The molecule has 0 saturated heterocycles.